The summed E-state index contributed by atoms with van der Waals surface area (Å²) in [5.41, 5.74) is 8.68. The molecule has 0 bridgehead atoms. The highest BCUT2D eigenvalue weighted by Gasteiger charge is 2.33. The number of amides is 1. The predicted octanol–water partition coefficient (Wildman–Crippen LogP) is 7.27. The minimum Gasteiger partial charge on any atom is -0.318 e. The molecule has 4 heteroatoms. The zero-order chi connectivity index (χ0) is 22.4. The van der Waals surface area contributed by atoms with Gasteiger partial charge in [-0.05, 0) is 74.4 Å². The molecule has 0 saturated carbocycles. The van der Waals surface area contributed by atoms with Crippen molar-refractivity contribution >= 4 is 40.5 Å². The highest BCUT2D eigenvalue weighted by atomic mass is 35.5. The van der Waals surface area contributed by atoms with Gasteiger partial charge in [-0.25, -0.2) is 0 Å². The number of hydrogen-bond acceptors (Lipinski definition) is 1. The number of carbonyl (C=O) groups excluding carboxylic acids is 1. The molecule has 0 radical (unpaired) electrons. The summed E-state index contributed by atoms with van der Waals surface area (Å²) in [6.07, 6.45) is 2.01. The minimum absolute atomic E-state index is 0.0133. The van der Waals surface area contributed by atoms with E-state index in [2.05, 4.69) is 30.5 Å². The molecular formula is C28H23ClN2O. The van der Waals surface area contributed by atoms with E-state index in [1.807, 2.05) is 79.7 Å². The summed E-state index contributed by atoms with van der Waals surface area (Å²) < 4.78 is 2.18. The third kappa shape index (κ3) is 3.26. The fourth-order valence-corrected chi connectivity index (χ4v) is 4.60. The van der Waals surface area contributed by atoms with E-state index in [1.54, 1.807) is 4.90 Å². The summed E-state index contributed by atoms with van der Waals surface area (Å²) in [6.45, 7) is 6.15. The summed E-state index contributed by atoms with van der Waals surface area (Å²) in [5, 5.41) is 0.744. The van der Waals surface area contributed by atoms with Crippen LogP contribution in [0.3, 0.4) is 0 Å². The molecule has 1 aliphatic rings. The summed E-state index contributed by atoms with van der Waals surface area (Å²) >= 11 is 6.39. The van der Waals surface area contributed by atoms with Gasteiger partial charge in [-0.2, -0.15) is 0 Å². The number of benzene rings is 3. The lowest BCUT2D eigenvalue weighted by atomic mass is 10.0. The molecule has 1 amide bonds. The van der Waals surface area contributed by atoms with E-state index in [1.165, 1.54) is 0 Å². The normalized spacial score (nSPS) is 14.3. The summed E-state index contributed by atoms with van der Waals surface area (Å²) in [5.74, 6) is -0.0133. The molecule has 2 heterocycles. The predicted molar refractivity (Wildman–Crippen MR) is 133 cm³/mol. The Bertz CT molecular complexity index is 1380. The lowest BCUT2D eigenvalue weighted by Gasteiger charge is -2.16. The molecule has 0 N–H and O–H groups in total. The van der Waals surface area contributed by atoms with Gasteiger partial charge in [0.25, 0.3) is 5.91 Å². The summed E-state index contributed by atoms with van der Waals surface area (Å²) in [4.78, 5) is 15.3. The third-order valence-electron chi connectivity index (χ3n) is 6.07. The SMILES string of the molecule is Cc1ccc(-n2c(C)cc(/C=C3/C(=O)N(c4ccccc4)c4ccccc43)c2C)cc1Cl. The van der Waals surface area contributed by atoms with Gasteiger partial charge in [0.05, 0.1) is 11.3 Å². The Morgan fingerprint density at radius 1 is 0.812 bits per heavy atom. The Balaban J connectivity index is 1.63. The van der Waals surface area contributed by atoms with Crippen molar-refractivity contribution in [3.63, 3.8) is 0 Å². The van der Waals surface area contributed by atoms with Crippen LogP contribution in [0.5, 0.6) is 0 Å². The van der Waals surface area contributed by atoms with Gasteiger partial charge in [-0.1, -0.05) is 54.1 Å². The third-order valence-corrected chi connectivity index (χ3v) is 6.47. The molecule has 1 aliphatic heterocycles. The number of carbonyl (C=O) groups is 1. The molecule has 3 aromatic carbocycles. The standard InChI is InChI=1S/C28H23ClN2O/c1-18-13-14-23(17-26(18)29)30-19(2)15-21(20(30)3)16-25-24-11-7-8-12-27(24)31(28(25)32)22-9-5-4-6-10-22/h4-17H,1-3H3/b25-16+. The fraction of sp³-hybridized carbons (Fsp3) is 0.107. The highest BCUT2D eigenvalue weighted by Crippen LogP contribution is 2.42. The number of nitrogens with zero attached hydrogens (tertiary/aromatic N) is 2. The van der Waals surface area contributed by atoms with Crippen LogP contribution in [0.1, 0.15) is 28.1 Å². The van der Waals surface area contributed by atoms with Crippen LogP contribution >= 0.6 is 11.6 Å². The zero-order valence-electron chi connectivity index (χ0n) is 18.3. The van der Waals surface area contributed by atoms with Gasteiger partial charge in [0.1, 0.15) is 0 Å². The van der Waals surface area contributed by atoms with Crippen molar-refractivity contribution in [2.24, 2.45) is 0 Å². The average Bonchev–Trinajstić information content (AvgIpc) is 3.23. The van der Waals surface area contributed by atoms with Crippen LogP contribution in [0.2, 0.25) is 5.02 Å². The van der Waals surface area contributed by atoms with E-state index in [9.17, 15) is 4.79 Å². The van der Waals surface area contributed by atoms with Crippen molar-refractivity contribution in [2.45, 2.75) is 20.8 Å². The molecule has 0 spiro atoms. The van der Waals surface area contributed by atoms with E-state index in [0.717, 1.165) is 50.2 Å². The molecule has 4 aromatic rings. The van der Waals surface area contributed by atoms with Crippen LogP contribution in [0.25, 0.3) is 17.3 Å². The number of anilines is 2. The molecule has 0 unspecified atom stereocenters. The monoisotopic (exact) mass is 438 g/mol. The fourth-order valence-electron chi connectivity index (χ4n) is 4.42. The molecule has 0 saturated heterocycles. The largest absolute Gasteiger partial charge is 0.318 e. The first-order chi connectivity index (χ1) is 15.5. The van der Waals surface area contributed by atoms with Crippen LogP contribution in [-0.4, -0.2) is 10.5 Å². The summed E-state index contributed by atoms with van der Waals surface area (Å²) in [7, 11) is 0. The van der Waals surface area contributed by atoms with Crippen LogP contribution in [-0.2, 0) is 4.79 Å². The number of fused-ring (bicyclic) bond motifs is 1. The van der Waals surface area contributed by atoms with E-state index in [-0.39, 0.29) is 5.91 Å². The molecule has 3 nitrogen and oxygen atoms in total. The second kappa shape index (κ2) is 7.85. The maximum Gasteiger partial charge on any atom is 0.263 e. The minimum atomic E-state index is -0.0133. The van der Waals surface area contributed by atoms with Gasteiger partial charge >= 0.3 is 0 Å². The smallest absolute Gasteiger partial charge is 0.263 e. The quantitative estimate of drug-likeness (QED) is 0.308. The number of hydrogen-bond donors (Lipinski definition) is 0. The van der Waals surface area contributed by atoms with Crippen molar-refractivity contribution in [3.05, 3.63) is 112 Å². The second-order valence-corrected chi connectivity index (χ2v) is 8.55. The van der Waals surface area contributed by atoms with Gasteiger partial charge in [0.15, 0.2) is 0 Å². The van der Waals surface area contributed by atoms with Crippen LogP contribution in [0, 0.1) is 20.8 Å². The topological polar surface area (TPSA) is 25.2 Å². The first kappa shape index (κ1) is 20.3. The Hall–Kier alpha value is -3.56. The maximum absolute atomic E-state index is 13.6. The Labute approximate surface area is 193 Å². The van der Waals surface area contributed by atoms with Gasteiger partial charge in [-0.3, -0.25) is 9.69 Å². The Morgan fingerprint density at radius 2 is 1.53 bits per heavy atom. The van der Waals surface area contributed by atoms with Crippen molar-refractivity contribution in [1.82, 2.24) is 4.57 Å². The van der Waals surface area contributed by atoms with Crippen molar-refractivity contribution in [1.29, 1.82) is 0 Å². The molecule has 0 fully saturated rings. The van der Waals surface area contributed by atoms with Crippen LogP contribution in [0.15, 0.2) is 78.9 Å². The number of aromatic nitrogens is 1. The molecule has 158 valence electrons. The molecule has 32 heavy (non-hydrogen) atoms. The average molecular weight is 439 g/mol. The van der Waals surface area contributed by atoms with Crippen LogP contribution in [0.4, 0.5) is 11.4 Å². The highest BCUT2D eigenvalue weighted by molar-refractivity contribution is 6.38. The van der Waals surface area contributed by atoms with E-state index in [0.29, 0.717) is 5.57 Å². The molecule has 0 atom stereocenters. The van der Waals surface area contributed by atoms with E-state index >= 15 is 0 Å². The number of halogens is 1. The van der Waals surface area contributed by atoms with Crippen LogP contribution < -0.4 is 4.90 Å². The maximum atomic E-state index is 13.6. The van der Waals surface area contributed by atoms with E-state index in [4.69, 9.17) is 11.6 Å². The number of aryl methyl sites for hydroxylation is 2. The number of para-hydroxylation sites is 2. The van der Waals surface area contributed by atoms with Gasteiger partial charge in [0.2, 0.25) is 0 Å². The first-order valence-electron chi connectivity index (χ1n) is 10.6. The second-order valence-electron chi connectivity index (χ2n) is 8.15. The lowest BCUT2D eigenvalue weighted by molar-refractivity contribution is -0.112. The van der Waals surface area contributed by atoms with Crippen molar-refractivity contribution < 1.29 is 4.79 Å². The molecule has 1 aromatic heterocycles. The summed E-state index contributed by atoms with van der Waals surface area (Å²) in [6, 6.07) is 26.0. The zero-order valence-corrected chi connectivity index (χ0v) is 19.0. The van der Waals surface area contributed by atoms with E-state index < -0.39 is 0 Å². The molecule has 5 rings (SSSR count). The van der Waals surface area contributed by atoms with Gasteiger partial charge < -0.3 is 4.57 Å². The van der Waals surface area contributed by atoms with Crippen molar-refractivity contribution in [3.8, 4) is 5.69 Å². The molecular weight excluding hydrogens is 416 g/mol. The van der Waals surface area contributed by atoms with Gasteiger partial charge in [0, 0.05) is 33.3 Å². The first-order valence-corrected chi connectivity index (χ1v) is 11.0. The number of rotatable bonds is 3. The van der Waals surface area contributed by atoms with Gasteiger partial charge in [-0.15, -0.1) is 0 Å². The lowest BCUT2D eigenvalue weighted by Crippen LogP contribution is -2.20. The Kier molecular flexibility index (Phi) is 4.99. The molecule has 0 aliphatic carbocycles. The Morgan fingerprint density at radius 3 is 2.28 bits per heavy atom. The van der Waals surface area contributed by atoms with Crippen molar-refractivity contribution in [2.75, 3.05) is 4.90 Å².